The number of rotatable bonds is 2. The van der Waals surface area contributed by atoms with Gasteiger partial charge in [0.1, 0.15) is 0 Å². The van der Waals surface area contributed by atoms with Gasteiger partial charge in [-0.3, -0.25) is 0 Å². The summed E-state index contributed by atoms with van der Waals surface area (Å²) in [6, 6.07) is 8.73. The molecule has 0 saturated heterocycles. The molecule has 0 radical (unpaired) electrons. The lowest BCUT2D eigenvalue weighted by molar-refractivity contribution is 0.313. The van der Waals surface area contributed by atoms with E-state index >= 15 is 0 Å². The lowest BCUT2D eigenvalue weighted by atomic mass is 9.72. The van der Waals surface area contributed by atoms with Crippen molar-refractivity contribution in [1.29, 1.82) is 0 Å². The summed E-state index contributed by atoms with van der Waals surface area (Å²) < 4.78 is 24.9. The van der Waals surface area contributed by atoms with E-state index in [0.29, 0.717) is 16.7 Å². The predicted molar refractivity (Wildman–Crippen MR) is 80.9 cm³/mol. The third-order valence-corrected chi connectivity index (χ3v) is 5.95. The fourth-order valence-electron chi connectivity index (χ4n) is 3.39. The van der Waals surface area contributed by atoms with Crippen molar-refractivity contribution in [3.05, 3.63) is 53.5 Å². The minimum absolute atomic E-state index is 0.398. The molecule has 2 aliphatic rings. The molecule has 2 nitrogen and oxygen atoms in total. The van der Waals surface area contributed by atoms with E-state index in [1.165, 1.54) is 24.7 Å². The van der Waals surface area contributed by atoms with Gasteiger partial charge in [0.25, 0.3) is 0 Å². The van der Waals surface area contributed by atoms with Crippen LogP contribution < -0.4 is 0 Å². The Morgan fingerprint density at radius 2 is 1.80 bits per heavy atom. The zero-order chi connectivity index (χ0) is 14.0. The Bertz CT molecular complexity index is 626. The first-order valence-electron chi connectivity index (χ1n) is 7.34. The quantitative estimate of drug-likeness (QED) is 0.767. The van der Waals surface area contributed by atoms with Crippen LogP contribution in [0.1, 0.15) is 32.1 Å². The molecule has 1 saturated carbocycles. The highest BCUT2D eigenvalue weighted by molar-refractivity contribution is 7.94. The van der Waals surface area contributed by atoms with Crippen molar-refractivity contribution in [2.45, 2.75) is 37.0 Å². The van der Waals surface area contributed by atoms with Gasteiger partial charge in [-0.05, 0) is 43.2 Å². The first-order valence-corrected chi connectivity index (χ1v) is 8.89. The van der Waals surface area contributed by atoms with Crippen molar-refractivity contribution in [1.82, 2.24) is 0 Å². The number of hydrogen-bond acceptors (Lipinski definition) is 2. The first kappa shape index (κ1) is 13.6. The summed E-state index contributed by atoms with van der Waals surface area (Å²) >= 11 is 0. The molecule has 0 aliphatic heterocycles. The molecule has 0 bridgehead atoms. The average Bonchev–Trinajstić information content (AvgIpc) is 2.48. The fourth-order valence-corrected chi connectivity index (χ4v) is 4.74. The largest absolute Gasteiger partial charge is 0.219 e. The zero-order valence-electron chi connectivity index (χ0n) is 11.5. The van der Waals surface area contributed by atoms with Gasteiger partial charge in [0.2, 0.25) is 0 Å². The van der Waals surface area contributed by atoms with Crippen LogP contribution in [0, 0.1) is 11.8 Å². The molecule has 106 valence electrons. The van der Waals surface area contributed by atoms with Crippen molar-refractivity contribution >= 4 is 9.84 Å². The minimum atomic E-state index is -3.31. The van der Waals surface area contributed by atoms with Gasteiger partial charge in [-0.1, -0.05) is 48.8 Å². The highest BCUT2D eigenvalue weighted by Gasteiger charge is 2.29. The summed E-state index contributed by atoms with van der Waals surface area (Å²) in [5.41, 5.74) is 1.10. The van der Waals surface area contributed by atoms with Crippen LogP contribution in [0.25, 0.3) is 0 Å². The zero-order valence-corrected chi connectivity index (χ0v) is 12.4. The molecule has 1 aromatic carbocycles. The second-order valence-electron chi connectivity index (χ2n) is 5.74. The molecule has 1 fully saturated rings. The van der Waals surface area contributed by atoms with Crippen LogP contribution >= 0.6 is 0 Å². The summed E-state index contributed by atoms with van der Waals surface area (Å²) in [6.07, 6.45) is 10.0. The molecule has 0 spiro atoms. The lowest BCUT2D eigenvalue weighted by Gasteiger charge is -2.34. The van der Waals surface area contributed by atoms with Crippen molar-refractivity contribution in [2.75, 3.05) is 0 Å². The normalized spacial score (nSPS) is 28.3. The van der Waals surface area contributed by atoms with Crippen LogP contribution in [0.4, 0.5) is 0 Å². The predicted octanol–water partition coefficient (Wildman–Crippen LogP) is 4.11. The topological polar surface area (TPSA) is 34.1 Å². The summed E-state index contributed by atoms with van der Waals surface area (Å²) in [6.45, 7) is 0. The van der Waals surface area contributed by atoms with E-state index in [1.54, 1.807) is 24.3 Å². The molecule has 3 rings (SSSR count). The van der Waals surface area contributed by atoms with Gasteiger partial charge >= 0.3 is 0 Å². The molecular weight excluding hydrogens is 268 g/mol. The third-order valence-electron chi connectivity index (χ3n) is 4.41. The molecule has 2 aliphatic carbocycles. The second kappa shape index (κ2) is 5.57. The van der Waals surface area contributed by atoms with Crippen molar-refractivity contribution in [2.24, 2.45) is 11.8 Å². The first-order chi connectivity index (χ1) is 9.67. The van der Waals surface area contributed by atoms with Crippen LogP contribution in [0.2, 0.25) is 0 Å². The van der Waals surface area contributed by atoms with Gasteiger partial charge in [0.15, 0.2) is 9.84 Å². The van der Waals surface area contributed by atoms with Gasteiger partial charge in [0.05, 0.1) is 4.90 Å². The van der Waals surface area contributed by atoms with Gasteiger partial charge < -0.3 is 0 Å². The van der Waals surface area contributed by atoms with E-state index in [2.05, 4.69) is 12.2 Å². The number of hydrogen-bond donors (Lipinski definition) is 0. The molecular formula is C17H20O2S. The highest BCUT2D eigenvalue weighted by atomic mass is 32.2. The lowest BCUT2D eigenvalue weighted by Crippen LogP contribution is -2.22. The molecule has 2 atom stereocenters. The van der Waals surface area contributed by atoms with Gasteiger partial charge in [-0.2, -0.15) is 0 Å². The number of sulfone groups is 1. The molecule has 1 aromatic rings. The highest BCUT2D eigenvalue weighted by Crippen LogP contribution is 2.40. The molecule has 20 heavy (non-hydrogen) atoms. The van der Waals surface area contributed by atoms with E-state index in [-0.39, 0.29) is 0 Å². The molecule has 0 aromatic heterocycles. The summed E-state index contributed by atoms with van der Waals surface area (Å²) in [7, 11) is -3.31. The summed E-state index contributed by atoms with van der Waals surface area (Å²) in [5.74, 6) is 0.988. The van der Waals surface area contributed by atoms with Crippen molar-refractivity contribution in [3.8, 4) is 0 Å². The number of fused-ring (bicyclic) bond motifs is 1. The maximum atomic E-state index is 12.5. The summed E-state index contributed by atoms with van der Waals surface area (Å²) in [4.78, 5) is 0.398. The SMILES string of the molecule is O=S(=O)(/C=C1\CC=C[C@@H]2CCCC[C@@H]12)c1ccccc1. The van der Waals surface area contributed by atoms with Crippen LogP contribution in [0.5, 0.6) is 0 Å². The standard InChI is InChI=1S/C17H20O2S/c18-20(19,16-10-2-1-3-11-16)13-15-9-6-8-14-7-4-5-12-17(14)15/h1-3,6,8,10-11,13-14,17H,4-5,7,9,12H2/b15-13+/t14-,17+/m0/s1. The Hall–Kier alpha value is -1.35. The second-order valence-corrected chi connectivity index (χ2v) is 7.54. The van der Waals surface area contributed by atoms with Gasteiger partial charge in [-0.25, -0.2) is 8.42 Å². The minimum Gasteiger partial charge on any atom is -0.219 e. The van der Waals surface area contributed by atoms with Crippen LogP contribution in [-0.4, -0.2) is 8.42 Å². The van der Waals surface area contributed by atoms with E-state index in [9.17, 15) is 8.42 Å². The Labute approximate surface area is 121 Å². The number of allylic oxidation sites excluding steroid dienone is 3. The Morgan fingerprint density at radius 3 is 2.60 bits per heavy atom. The smallest absolute Gasteiger partial charge is 0.199 e. The molecule has 0 unspecified atom stereocenters. The van der Waals surface area contributed by atoms with Gasteiger partial charge in [-0.15, -0.1) is 0 Å². The van der Waals surface area contributed by atoms with Crippen LogP contribution in [0.3, 0.4) is 0 Å². The van der Waals surface area contributed by atoms with E-state index in [1.807, 2.05) is 6.07 Å². The van der Waals surface area contributed by atoms with Gasteiger partial charge in [0, 0.05) is 5.41 Å². The van der Waals surface area contributed by atoms with Crippen LogP contribution in [-0.2, 0) is 9.84 Å². The Balaban J connectivity index is 1.93. The Kier molecular flexibility index (Phi) is 3.79. The van der Waals surface area contributed by atoms with Crippen LogP contribution in [0.15, 0.2) is 58.4 Å². The molecule has 3 heteroatoms. The van der Waals surface area contributed by atoms with Crippen molar-refractivity contribution in [3.63, 3.8) is 0 Å². The fraction of sp³-hybridized carbons (Fsp3) is 0.412. The third kappa shape index (κ3) is 2.73. The average molecular weight is 288 g/mol. The molecule has 0 heterocycles. The molecule has 0 N–H and O–H groups in total. The monoisotopic (exact) mass is 288 g/mol. The molecule has 0 amide bonds. The number of benzene rings is 1. The van der Waals surface area contributed by atoms with Crippen molar-refractivity contribution < 1.29 is 8.42 Å². The van der Waals surface area contributed by atoms with E-state index in [0.717, 1.165) is 18.4 Å². The Morgan fingerprint density at radius 1 is 1.05 bits per heavy atom. The van der Waals surface area contributed by atoms with E-state index in [4.69, 9.17) is 0 Å². The maximum absolute atomic E-state index is 12.5. The summed E-state index contributed by atoms with van der Waals surface area (Å²) in [5, 5.41) is 1.54. The van der Waals surface area contributed by atoms with E-state index < -0.39 is 9.84 Å². The maximum Gasteiger partial charge on any atom is 0.199 e.